The van der Waals surface area contributed by atoms with Crippen LogP contribution < -0.4 is 0 Å². The summed E-state index contributed by atoms with van der Waals surface area (Å²) in [5.41, 5.74) is 1.17. The smallest absolute Gasteiger partial charge is 0.163 e. The van der Waals surface area contributed by atoms with E-state index in [-0.39, 0.29) is 6.04 Å². The molecule has 5 heteroatoms. The molecule has 1 aromatic rings. The van der Waals surface area contributed by atoms with Gasteiger partial charge in [0.25, 0.3) is 0 Å². The lowest BCUT2D eigenvalue weighted by Gasteiger charge is -2.51. The minimum absolute atomic E-state index is 0.0448. The van der Waals surface area contributed by atoms with Crippen molar-refractivity contribution in [2.24, 2.45) is 0 Å². The average molecular weight is 293 g/mol. The van der Waals surface area contributed by atoms with Crippen LogP contribution in [-0.4, -0.2) is 58.4 Å². The van der Waals surface area contributed by atoms with E-state index in [2.05, 4.69) is 17.0 Å². The van der Waals surface area contributed by atoms with Gasteiger partial charge in [-0.25, -0.2) is 0 Å². The van der Waals surface area contributed by atoms with E-state index in [0.717, 1.165) is 0 Å². The minimum Gasteiger partial charge on any atom is -0.389 e. The number of aliphatic hydroxyl groups excluding tert-OH is 2. The first-order chi connectivity index (χ1) is 9.96. The molecule has 0 bridgehead atoms. The summed E-state index contributed by atoms with van der Waals surface area (Å²) in [4.78, 5) is 2.13. The third-order valence-electron chi connectivity index (χ3n) is 4.25. The lowest BCUT2D eigenvalue weighted by Crippen LogP contribution is -2.67. The second-order valence-electron chi connectivity index (χ2n) is 6.33. The highest BCUT2D eigenvalue weighted by Crippen LogP contribution is 2.32. The number of nitrogens with zero attached hydrogens (tertiary/aromatic N) is 1. The van der Waals surface area contributed by atoms with Crippen molar-refractivity contribution in [2.45, 2.75) is 50.5 Å². The van der Waals surface area contributed by atoms with Gasteiger partial charge < -0.3 is 19.7 Å². The van der Waals surface area contributed by atoms with Crippen LogP contribution in [0.4, 0.5) is 0 Å². The largest absolute Gasteiger partial charge is 0.389 e. The molecule has 2 saturated heterocycles. The Morgan fingerprint density at radius 1 is 1.24 bits per heavy atom. The van der Waals surface area contributed by atoms with Gasteiger partial charge in [-0.1, -0.05) is 30.3 Å². The number of hydrogen-bond acceptors (Lipinski definition) is 5. The van der Waals surface area contributed by atoms with E-state index in [1.807, 2.05) is 32.0 Å². The zero-order chi connectivity index (χ0) is 15.0. The van der Waals surface area contributed by atoms with Gasteiger partial charge in [-0.05, 0) is 19.4 Å². The van der Waals surface area contributed by atoms with E-state index < -0.39 is 24.1 Å². The Hall–Kier alpha value is -0.980. The van der Waals surface area contributed by atoms with Gasteiger partial charge in [0.05, 0.1) is 18.8 Å². The van der Waals surface area contributed by atoms with Crippen molar-refractivity contribution in [2.75, 3.05) is 13.2 Å². The molecule has 2 heterocycles. The topological polar surface area (TPSA) is 62.2 Å². The lowest BCUT2D eigenvalue weighted by atomic mass is 9.92. The Balaban J connectivity index is 1.78. The van der Waals surface area contributed by atoms with E-state index in [1.165, 1.54) is 5.56 Å². The van der Waals surface area contributed by atoms with Crippen molar-refractivity contribution in [3.8, 4) is 0 Å². The van der Waals surface area contributed by atoms with Crippen LogP contribution in [0, 0.1) is 0 Å². The first-order valence-corrected chi connectivity index (χ1v) is 7.42. The highest BCUT2D eigenvalue weighted by molar-refractivity contribution is 5.15. The Morgan fingerprint density at radius 2 is 1.95 bits per heavy atom. The second kappa shape index (κ2) is 5.66. The van der Waals surface area contributed by atoms with Crippen LogP contribution in [0.25, 0.3) is 0 Å². The maximum atomic E-state index is 10.2. The molecule has 21 heavy (non-hydrogen) atoms. The number of fused-ring (bicyclic) bond motifs is 1. The number of piperidine rings is 1. The van der Waals surface area contributed by atoms with Gasteiger partial charge in [0, 0.05) is 13.1 Å². The Labute approximate surface area is 125 Å². The average Bonchev–Trinajstić information content (AvgIpc) is 2.45. The van der Waals surface area contributed by atoms with Crippen molar-refractivity contribution in [3.63, 3.8) is 0 Å². The number of aliphatic hydroxyl groups is 2. The summed E-state index contributed by atoms with van der Waals surface area (Å²) in [6, 6.07) is 10.0. The van der Waals surface area contributed by atoms with Gasteiger partial charge in [-0.15, -0.1) is 0 Å². The Kier molecular flexibility index (Phi) is 4.03. The second-order valence-corrected chi connectivity index (χ2v) is 6.33. The summed E-state index contributed by atoms with van der Waals surface area (Å²) in [5, 5.41) is 20.4. The third kappa shape index (κ3) is 3.12. The third-order valence-corrected chi connectivity index (χ3v) is 4.25. The molecule has 3 rings (SSSR count). The summed E-state index contributed by atoms with van der Waals surface area (Å²) in [7, 11) is 0. The highest BCUT2D eigenvalue weighted by atomic mass is 16.7. The molecule has 2 N–H and O–H groups in total. The van der Waals surface area contributed by atoms with Gasteiger partial charge in [-0.2, -0.15) is 0 Å². The summed E-state index contributed by atoms with van der Waals surface area (Å²) >= 11 is 0. The van der Waals surface area contributed by atoms with E-state index >= 15 is 0 Å². The number of benzene rings is 1. The molecule has 2 aliphatic rings. The minimum atomic E-state index is -0.870. The SMILES string of the molecule is CC1(C)OC[C@@H]2[C@@H](O1)[C@H](O)[C@H](O)CN2Cc1ccccc1. The fraction of sp³-hybridized carbons (Fsp3) is 0.625. The molecule has 0 aromatic heterocycles. The molecule has 4 atom stereocenters. The molecular weight excluding hydrogens is 270 g/mol. The summed E-state index contributed by atoms with van der Waals surface area (Å²) in [6.07, 6.45) is -2.10. The summed E-state index contributed by atoms with van der Waals surface area (Å²) in [5.74, 6) is -0.725. The van der Waals surface area contributed by atoms with Crippen LogP contribution in [-0.2, 0) is 16.0 Å². The van der Waals surface area contributed by atoms with Gasteiger partial charge in [0.15, 0.2) is 5.79 Å². The van der Waals surface area contributed by atoms with Crippen molar-refractivity contribution < 1.29 is 19.7 Å². The molecular formula is C16H23NO4. The monoisotopic (exact) mass is 293 g/mol. The van der Waals surface area contributed by atoms with E-state index in [9.17, 15) is 10.2 Å². The molecule has 0 saturated carbocycles. The summed E-state index contributed by atoms with van der Waals surface area (Å²) in [6.45, 7) is 5.29. The molecule has 1 aromatic carbocycles. The molecule has 0 spiro atoms. The quantitative estimate of drug-likeness (QED) is 0.842. The Bertz CT molecular complexity index is 478. The number of hydrogen-bond donors (Lipinski definition) is 2. The van der Waals surface area contributed by atoms with E-state index in [4.69, 9.17) is 9.47 Å². The zero-order valence-electron chi connectivity index (χ0n) is 12.5. The standard InChI is InChI=1S/C16H23NO4/c1-16(2)20-10-12-15(21-16)14(19)13(18)9-17(12)8-11-6-4-3-5-7-11/h3-7,12-15,18-19H,8-10H2,1-2H3/t12-,13-,14-,15-/m1/s1. The van der Waals surface area contributed by atoms with Crippen molar-refractivity contribution in [3.05, 3.63) is 35.9 Å². The molecule has 0 aliphatic carbocycles. The fourth-order valence-electron chi connectivity index (χ4n) is 3.13. The predicted molar refractivity (Wildman–Crippen MR) is 77.6 cm³/mol. The van der Waals surface area contributed by atoms with E-state index in [1.54, 1.807) is 0 Å². The molecule has 2 aliphatic heterocycles. The Morgan fingerprint density at radius 3 is 2.67 bits per heavy atom. The maximum absolute atomic E-state index is 10.2. The van der Waals surface area contributed by atoms with Gasteiger partial charge in [0.1, 0.15) is 12.2 Å². The molecule has 0 unspecified atom stereocenters. The van der Waals surface area contributed by atoms with Gasteiger partial charge >= 0.3 is 0 Å². The summed E-state index contributed by atoms with van der Waals surface area (Å²) < 4.78 is 11.6. The molecule has 0 radical (unpaired) electrons. The molecule has 116 valence electrons. The number of likely N-dealkylation sites (tertiary alicyclic amines) is 1. The zero-order valence-corrected chi connectivity index (χ0v) is 12.5. The number of rotatable bonds is 2. The van der Waals surface area contributed by atoms with Crippen LogP contribution in [0.5, 0.6) is 0 Å². The van der Waals surface area contributed by atoms with Crippen molar-refractivity contribution >= 4 is 0 Å². The number of β-amino-alcohol motifs (C(OH)–C–C–N with tert-alkyl or cyclic N) is 1. The normalized spacial score (nSPS) is 36.2. The van der Waals surface area contributed by atoms with Crippen LogP contribution in [0.2, 0.25) is 0 Å². The maximum Gasteiger partial charge on any atom is 0.163 e. The first-order valence-electron chi connectivity index (χ1n) is 7.42. The van der Waals surface area contributed by atoms with Crippen LogP contribution in [0.1, 0.15) is 19.4 Å². The van der Waals surface area contributed by atoms with Crippen molar-refractivity contribution in [1.82, 2.24) is 4.90 Å². The molecule has 0 amide bonds. The molecule has 2 fully saturated rings. The van der Waals surface area contributed by atoms with Gasteiger partial charge in [-0.3, -0.25) is 4.90 Å². The van der Waals surface area contributed by atoms with Crippen LogP contribution in [0.15, 0.2) is 30.3 Å². The first kappa shape index (κ1) is 14.9. The van der Waals surface area contributed by atoms with Crippen molar-refractivity contribution in [1.29, 1.82) is 0 Å². The van der Waals surface area contributed by atoms with Gasteiger partial charge in [0.2, 0.25) is 0 Å². The van der Waals surface area contributed by atoms with Crippen LogP contribution in [0.3, 0.4) is 0 Å². The lowest BCUT2D eigenvalue weighted by molar-refractivity contribution is -0.326. The highest BCUT2D eigenvalue weighted by Gasteiger charge is 2.48. The predicted octanol–water partition coefficient (Wildman–Crippen LogP) is 0.744. The van der Waals surface area contributed by atoms with Crippen LogP contribution >= 0.6 is 0 Å². The fourth-order valence-corrected chi connectivity index (χ4v) is 3.13. The molecule has 5 nitrogen and oxygen atoms in total. The van der Waals surface area contributed by atoms with E-state index in [0.29, 0.717) is 19.7 Å². The number of ether oxygens (including phenoxy) is 2.